The highest BCUT2D eigenvalue weighted by Gasteiger charge is 2.11. The second kappa shape index (κ2) is 3.96. The van der Waals surface area contributed by atoms with E-state index in [2.05, 4.69) is 42.2 Å². The van der Waals surface area contributed by atoms with Crippen LogP contribution in [0.15, 0.2) is 22.6 Å². The second-order valence-electron chi connectivity index (χ2n) is 4.17. The van der Waals surface area contributed by atoms with Crippen LogP contribution in [0.25, 0.3) is 11.5 Å². The molecule has 0 aliphatic heterocycles. The SMILES string of the molecule is Cc1ccc(C(C)C)cc1-c1nnc(N)o1. The van der Waals surface area contributed by atoms with Gasteiger partial charge >= 0.3 is 6.01 Å². The van der Waals surface area contributed by atoms with Gasteiger partial charge in [-0.2, -0.15) is 0 Å². The van der Waals surface area contributed by atoms with Gasteiger partial charge in [-0.05, 0) is 30.0 Å². The Kier molecular flexibility index (Phi) is 2.64. The van der Waals surface area contributed by atoms with Crippen molar-refractivity contribution in [2.24, 2.45) is 0 Å². The van der Waals surface area contributed by atoms with Gasteiger partial charge in [0.25, 0.3) is 0 Å². The molecule has 0 fully saturated rings. The predicted octanol–water partition coefficient (Wildman–Crippen LogP) is 2.75. The number of nitrogens with zero attached hydrogens (tertiary/aromatic N) is 2. The third-order valence-electron chi connectivity index (χ3n) is 2.60. The summed E-state index contributed by atoms with van der Waals surface area (Å²) in [5.41, 5.74) is 8.73. The molecule has 0 aliphatic rings. The first kappa shape index (κ1) is 10.7. The molecule has 2 rings (SSSR count). The van der Waals surface area contributed by atoms with Gasteiger partial charge in [-0.15, -0.1) is 5.10 Å². The zero-order valence-electron chi connectivity index (χ0n) is 9.69. The van der Waals surface area contributed by atoms with E-state index in [1.54, 1.807) is 0 Å². The van der Waals surface area contributed by atoms with Crippen LogP contribution in [-0.4, -0.2) is 10.2 Å². The largest absolute Gasteiger partial charge is 0.404 e. The minimum Gasteiger partial charge on any atom is -0.404 e. The molecule has 0 amide bonds. The standard InChI is InChI=1S/C12H15N3O/c1-7(2)9-5-4-8(3)10(6-9)11-14-15-12(13)16-11/h4-7H,1-3H3,(H2,13,15). The quantitative estimate of drug-likeness (QED) is 0.840. The average Bonchev–Trinajstić information content (AvgIpc) is 2.65. The van der Waals surface area contributed by atoms with Crippen LogP contribution in [0.3, 0.4) is 0 Å². The Labute approximate surface area is 94.5 Å². The van der Waals surface area contributed by atoms with E-state index in [1.165, 1.54) is 5.56 Å². The van der Waals surface area contributed by atoms with Crippen molar-refractivity contribution in [3.63, 3.8) is 0 Å². The highest BCUT2D eigenvalue weighted by molar-refractivity contribution is 5.60. The summed E-state index contributed by atoms with van der Waals surface area (Å²) in [7, 11) is 0. The number of hydrogen-bond acceptors (Lipinski definition) is 4. The fraction of sp³-hybridized carbons (Fsp3) is 0.333. The Balaban J connectivity index is 2.51. The van der Waals surface area contributed by atoms with E-state index in [9.17, 15) is 0 Å². The minimum absolute atomic E-state index is 0.101. The van der Waals surface area contributed by atoms with Gasteiger partial charge in [0, 0.05) is 5.56 Å². The molecule has 0 bridgehead atoms. The number of rotatable bonds is 2. The summed E-state index contributed by atoms with van der Waals surface area (Å²) in [5.74, 6) is 0.956. The summed E-state index contributed by atoms with van der Waals surface area (Å²) < 4.78 is 5.24. The van der Waals surface area contributed by atoms with Crippen molar-refractivity contribution < 1.29 is 4.42 Å². The average molecular weight is 217 g/mol. The summed E-state index contributed by atoms with van der Waals surface area (Å²) in [6.45, 7) is 6.31. The lowest BCUT2D eigenvalue weighted by atomic mass is 9.98. The number of aryl methyl sites for hydroxylation is 1. The summed E-state index contributed by atoms with van der Waals surface area (Å²) in [6, 6.07) is 6.35. The Morgan fingerprint density at radius 2 is 2.00 bits per heavy atom. The van der Waals surface area contributed by atoms with E-state index in [0.29, 0.717) is 11.8 Å². The molecule has 0 unspecified atom stereocenters. The maximum Gasteiger partial charge on any atom is 0.313 e. The van der Waals surface area contributed by atoms with Crippen LogP contribution >= 0.6 is 0 Å². The molecule has 16 heavy (non-hydrogen) atoms. The minimum atomic E-state index is 0.101. The molecular weight excluding hydrogens is 202 g/mol. The summed E-state index contributed by atoms with van der Waals surface area (Å²) in [5, 5.41) is 7.58. The maximum absolute atomic E-state index is 5.42. The zero-order chi connectivity index (χ0) is 11.7. The number of anilines is 1. The van der Waals surface area contributed by atoms with Crippen molar-refractivity contribution in [1.82, 2.24) is 10.2 Å². The fourth-order valence-corrected chi connectivity index (χ4v) is 1.57. The molecule has 0 saturated heterocycles. The molecule has 1 heterocycles. The summed E-state index contributed by atoms with van der Waals surface area (Å²) in [6.07, 6.45) is 0. The van der Waals surface area contributed by atoms with Crippen LogP contribution in [0.2, 0.25) is 0 Å². The van der Waals surface area contributed by atoms with Crippen molar-refractivity contribution in [2.45, 2.75) is 26.7 Å². The van der Waals surface area contributed by atoms with Gasteiger partial charge in [-0.25, -0.2) is 0 Å². The summed E-state index contributed by atoms with van der Waals surface area (Å²) in [4.78, 5) is 0. The fourth-order valence-electron chi connectivity index (χ4n) is 1.57. The van der Waals surface area contributed by atoms with Crippen molar-refractivity contribution in [1.29, 1.82) is 0 Å². The normalized spacial score (nSPS) is 11.0. The molecule has 84 valence electrons. The smallest absolute Gasteiger partial charge is 0.313 e. The van der Waals surface area contributed by atoms with Crippen molar-refractivity contribution >= 4 is 6.01 Å². The van der Waals surface area contributed by atoms with Crippen molar-refractivity contribution in [2.75, 3.05) is 5.73 Å². The molecule has 4 nitrogen and oxygen atoms in total. The predicted molar refractivity (Wildman–Crippen MR) is 63.0 cm³/mol. The van der Waals surface area contributed by atoms with Crippen LogP contribution in [0.4, 0.5) is 6.01 Å². The molecule has 4 heteroatoms. The van der Waals surface area contributed by atoms with Crippen LogP contribution in [0.5, 0.6) is 0 Å². The molecule has 0 atom stereocenters. The van der Waals surface area contributed by atoms with Crippen LogP contribution in [-0.2, 0) is 0 Å². The van der Waals surface area contributed by atoms with E-state index >= 15 is 0 Å². The molecule has 2 aromatic rings. The highest BCUT2D eigenvalue weighted by Crippen LogP contribution is 2.26. The van der Waals surface area contributed by atoms with E-state index < -0.39 is 0 Å². The first-order valence-corrected chi connectivity index (χ1v) is 5.28. The summed E-state index contributed by atoms with van der Waals surface area (Å²) >= 11 is 0. The van der Waals surface area contributed by atoms with E-state index in [4.69, 9.17) is 10.2 Å². The Bertz CT molecular complexity index is 503. The van der Waals surface area contributed by atoms with Crippen molar-refractivity contribution in [3.8, 4) is 11.5 Å². The third kappa shape index (κ3) is 1.91. The van der Waals surface area contributed by atoms with Gasteiger partial charge in [0.1, 0.15) is 0 Å². The van der Waals surface area contributed by atoms with E-state index in [1.807, 2.05) is 6.92 Å². The Hall–Kier alpha value is -1.84. The lowest BCUT2D eigenvalue weighted by Gasteiger charge is -2.08. The molecule has 1 aromatic carbocycles. The van der Waals surface area contributed by atoms with Crippen LogP contribution < -0.4 is 5.73 Å². The molecule has 0 spiro atoms. The third-order valence-corrected chi connectivity index (χ3v) is 2.60. The number of nitrogens with two attached hydrogens (primary N) is 1. The Morgan fingerprint density at radius 3 is 2.56 bits per heavy atom. The molecule has 2 N–H and O–H groups in total. The van der Waals surface area contributed by atoms with Crippen LogP contribution in [0, 0.1) is 6.92 Å². The molecule has 1 aromatic heterocycles. The van der Waals surface area contributed by atoms with E-state index in [0.717, 1.165) is 11.1 Å². The molecule has 0 aliphatic carbocycles. The number of aromatic nitrogens is 2. The maximum atomic E-state index is 5.42. The number of hydrogen-bond donors (Lipinski definition) is 1. The van der Waals surface area contributed by atoms with E-state index in [-0.39, 0.29) is 6.01 Å². The first-order chi connectivity index (χ1) is 7.58. The van der Waals surface area contributed by atoms with Gasteiger partial charge in [-0.1, -0.05) is 31.1 Å². The van der Waals surface area contributed by atoms with Gasteiger partial charge in [0.05, 0.1) is 0 Å². The van der Waals surface area contributed by atoms with Gasteiger partial charge in [0.15, 0.2) is 0 Å². The van der Waals surface area contributed by atoms with Crippen LogP contribution in [0.1, 0.15) is 30.9 Å². The van der Waals surface area contributed by atoms with Gasteiger partial charge in [0.2, 0.25) is 5.89 Å². The molecular formula is C12H15N3O. The van der Waals surface area contributed by atoms with Crippen molar-refractivity contribution in [3.05, 3.63) is 29.3 Å². The van der Waals surface area contributed by atoms with Gasteiger partial charge in [-0.3, -0.25) is 0 Å². The molecule has 0 saturated carbocycles. The Morgan fingerprint density at radius 1 is 1.25 bits per heavy atom. The lowest BCUT2D eigenvalue weighted by molar-refractivity contribution is 0.589. The monoisotopic (exact) mass is 217 g/mol. The molecule has 0 radical (unpaired) electrons. The number of nitrogen functional groups attached to an aromatic ring is 1. The first-order valence-electron chi connectivity index (χ1n) is 5.28. The van der Waals surface area contributed by atoms with Gasteiger partial charge < -0.3 is 10.2 Å². The zero-order valence-corrected chi connectivity index (χ0v) is 9.69. The second-order valence-corrected chi connectivity index (χ2v) is 4.17. The highest BCUT2D eigenvalue weighted by atomic mass is 16.4. The lowest BCUT2D eigenvalue weighted by Crippen LogP contribution is -1.91. The topological polar surface area (TPSA) is 64.9 Å². The number of benzene rings is 1.